The van der Waals surface area contributed by atoms with Crippen LogP contribution in [0.3, 0.4) is 0 Å². The van der Waals surface area contributed by atoms with Gasteiger partial charge in [-0.2, -0.15) is 0 Å². The molecule has 1 N–H and O–H groups in total. The number of ether oxygens (including phenoxy) is 1. The molecule has 116 valence electrons. The molecule has 2 aromatic carbocycles. The zero-order valence-corrected chi connectivity index (χ0v) is 11.7. The van der Waals surface area contributed by atoms with Gasteiger partial charge in [-0.1, -0.05) is 24.3 Å². The second kappa shape index (κ2) is 5.88. The number of hydrogen-bond acceptors (Lipinski definition) is 2. The number of nitrogens with one attached hydrogen (secondary N) is 1. The lowest BCUT2D eigenvalue weighted by atomic mass is 10.0. The molecule has 3 rings (SSSR count). The van der Waals surface area contributed by atoms with Gasteiger partial charge in [0.1, 0.15) is 18.8 Å². The fraction of sp³-hybridized carbons (Fsp3) is 0.250. The van der Waals surface area contributed by atoms with Crippen LogP contribution in [0.4, 0.5) is 13.2 Å². The largest absolute Gasteiger partial charge is 0.573 e. The van der Waals surface area contributed by atoms with Crippen molar-refractivity contribution in [1.82, 2.24) is 0 Å². The number of benzene rings is 2. The highest BCUT2D eigenvalue weighted by atomic mass is 19.4. The van der Waals surface area contributed by atoms with E-state index in [1.54, 1.807) is 0 Å². The average Bonchev–Trinajstić information content (AvgIpc) is 2.48. The van der Waals surface area contributed by atoms with E-state index in [4.69, 9.17) is 4.84 Å². The second-order valence-electron chi connectivity index (χ2n) is 5.11. The molecule has 3 nitrogen and oxygen atoms in total. The Labute approximate surface area is 125 Å². The molecular formula is C16H15F3NO2+. The zero-order valence-electron chi connectivity index (χ0n) is 11.7. The maximum atomic E-state index is 12.1. The highest BCUT2D eigenvalue weighted by Crippen LogP contribution is 2.24. The molecule has 6 heteroatoms. The van der Waals surface area contributed by atoms with Crippen LogP contribution in [-0.2, 0) is 13.0 Å². The molecule has 1 atom stereocenters. The van der Waals surface area contributed by atoms with Crippen LogP contribution in [-0.4, -0.2) is 12.9 Å². The number of hydroxylamine groups is 2. The molecule has 0 saturated heterocycles. The average molecular weight is 310 g/mol. The first kappa shape index (κ1) is 14.7. The molecule has 0 saturated carbocycles. The van der Waals surface area contributed by atoms with Crippen LogP contribution in [0.15, 0.2) is 48.5 Å². The van der Waals surface area contributed by atoms with Crippen molar-refractivity contribution in [1.29, 1.82) is 0 Å². The van der Waals surface area contributed by atoms with E-state index in [2.05, 4.69) is 16.9 Å². The summed E-state index contributed by atoms with van der Waals surface area (Å²) in [5, 5.41) is 0.920. The lowest BCUT2D eigenvalue weighted by Gasteiger charge is -2.24. The van der Waals surface area contributed by atoms with Gasteiger partial charge in [-0.3, -0.25) is 0 Å². The summed E-state index contributed by atoms with van der Waals surface area (Å²) in [5.41, 5.74) is 2.56. The Morgan fingerprint density at radius 1 is 0.864 bits per heavy atom. The van der Waals surface area contributed by atoms with E-state index in [0.717, 1.165) is 24.6 Å². The van der Waals surface area contributed by atoms with Crippen LogP contribution < -0.4 is 14.6 Å². The lowest BCUT2D eigenvalue weighted by molar-refractivity contribution is -1.08. The number of rotatable bonds is 3. The van der Waals surface area contributed by atoms with Gasteiger partial charge in [0.05, 0.1) is 0 Å². The lowest BCUT2D eigenvalue weighted by Crippen LogP contribution is -3.13. The van der Waals surface area contributed by atoms with Gasteiger partial charge in [0.25, 0.3) is 0 Å². The van der Waals surface area contributed by atoms with E-state index in [0.29, 0.717) is 5.75 Å². The van der Waals surface area contributed by atoms with Crippen LogP contribution in [0.5, 0.6) is 11.5 Å². The van der Waals surface area contributed by atoms with Crippen LogP contribution in [0.25, 0.3) is 0 Å². The SMILES string of the molecule is FC(F)(F)Oc1ccc(O[NH+]2CCc3ccccc3C2)cc1. The topological polar surface area (TPSA) is 22.9 Å². The number of quaternary nitrogens is 1. The van der Waals surface area contributed by atoms with E-state index >= 15 is 0 Å². The van der Waals surface area contributed by atoms with Crippen molar-refractivity contribution in [3.63, 3.8) is 0 Å². The van der Waals surface area contributed by atoms with Crippen molar-refractivity contribution >= 4 is 0 Å². The minimum absolute atomic E-state index is 0.251. The van der Waals surface area contributed by atoms with Gasteiger partial charge in [-0.05, 0) is 29.8 Å². The van der Waals surface area contributed by atoms with Crippen LogP contribution >= 0.6 is 0 Å². The maximum absolute atomic E-state index is 12.1. The normalized spacial score (nSPS) is 17.7. The molecule has 1 unspecified atom stereocenters. The smallest absolute Gasteiger partial charge is 0.406 e. The number of hydrogen-bond donors (Lipinski definition) is 1. The molecule has 0 aliphatic carbocycles. The summed E-state index contributed by atoms with van der Waals surface area (Å²) in [5.74, 6) is 0.266. The summed E-state index contributed by atoms with van der Waals surface area (Å²) >= 11 is 0. The third-order valence-corrected chi connectivity index (χ3v) is 3.50. The summed E-state index contributed by atoms with van der Waals surface area (Å²) in [7, 11) is 0. The van der Waals surface area contributed by atoms with Gasteiger partial charge in [-0.25, -0.2) is 0 Å². The van der Waals surface area contributed by atoms with E-state index in [1.807, 2.05) is 12.1 Å². The van der Waals surface area contributed by atoms with Gasteiger partial charge in [0, 0.05) is 12.0 Å². The third-order valence-electron chi connectivity index (χ3n) is 3.50. The van der Waals surface area contributed by atoms with Crippen molar-refractivity contribution in [3.05, 3.63) is 59.7 Å². The molecule has 0 spiro atoms. The quantitative estimate of drug-likeness (QED) is 0.941. The highest BCUT2D eigenvalue weighted by molar-refractivity contribution is 5.31. The van der Waals surface area contributed by atoms with Crippen LogP contribution in [0.1, 0.15) is 11.1 Å². The molecule has 0 amide bonds. The Morgan fingerprint density at radius 3 is 2.18 bits per heavy atom. The first-order chi connectivity index (χ1) is 10.5. The summed E-state index contributed by atoms with van der Waals surface area (Å²) in [4.78, 5) is 5.78. The van der Waals surface area contributed by atoms with Gasteiger partial charge >= 0.3 is 6.36 Å². The molecule has 0 aromatic heterocycles. The van der Waals surface area contributed by atoms with Gasteiger partial charge < -0.3 is 9.57 Å². The molecule has 1 heterocycles. The summed E-state index contributed by atoms with van der Waals surface area (Å²) < 4.78 is 40.1. The standard InChI is InChI=1S/C16H14F3NO2/c17-16(18,19)21-14-5-7-15(8-6-14)22-20-10-9-12-3-1-2-4-13(12)11-20/h1-8H,9-11H2/p+1. The monoisotopic (exact) mass is 310 g/mol. The summed E-state index contributed by atoms with van der Waals surface area (Å²) in [6, 6.07) is 13.6. The predicted octanol–water partition coefficient (Wildman–Crippen LogP) is 2.52. The minimum atomic E-state index is -4.68. The Kier molecular flexibility index (Phi) is 3.94. The Morgan fingerprint density at radius 2 is 1.50 bits per heavy atom. The highest BCUT2D eigenvalue weighted by Gasteiger charge is 2.31. The Balaban J connectivity index is 1.62. The van der Waals surface area contributed by atoms with Crippen molar-refractivity contribution in [2.24, 2.45) is 0 Å². The second-order valence-corrected chi connectivity index (χ2v) is 5.11. The minimum Gasteiger partial charge on any atom is -0.406 e. The molecule has 2 aromatic rings. The number of alkyl halides is 3. The number of halogens is 3. The third kappa shape index (κ3) is 3.71. The van der Waals surface area contributed by atoms with E-state index in [1.165, 1.54) is 35.4 Å². The summed E-state index contributed by atoms with van der Waals surface area (Å²) in [6.45, 7) is 1.55. The molecule has 0 fully saturated rings. The van der Waals surface area contributed by atoms with Crippen molar-refractivity contribution in [2.45, 2.75) is 19.3 Å². The molecule has 1 aliphatic heterocycles. The fourth-order valence-corrected chi connectivity index (χ4v) is 2.51. The van der Waals surface area contributed by atoms with Gasteiger partial charge in [0.2, 0.25) is 0 Å². The van der Waals surface area contributed by atoms with Gasteiger partial charge in [0.15, 0.2) is 5.75 Å². The van der Waals surface area contributed by atoms with Gasteiger partial charge in [-0.15, -0.1) is 18.2 Å². The molecule has 0 bridgehead atoms. The van der Waals surface area contributed by atoms with E-state index in [-0.39, 0.29) is 5.75 Å². The van der Waals surface area contributed by atoms with Crippen LogP contribution in [0, 0.1) is 0 Å². The zero-order chi connectivity index (χ0) is 15.6. The molecule has 0 radical (unpaired) electrons. The van der Waals surface area contributed by atoms with Crippen molar-refractivity contribution < 1.29 is 27.8 Å². The molecular weight excluding hydrogens is 295 g/mol. The number of fused-ring (bicyclic) bond motifs is 1. The van der Waals surface area contributed by atoms with E-state index in [9.17, 15) is 13.2 Å². The van der Waals surface area contributed by atoms with E-state index < -0.39 is 6.36 Å². The predicted molar refractivity (Wildman–Crippen MR) is 73.4 cm³/mol. The molecule has 1 aliphatic rings. The summed E-state index contributed by atoms with van der Waals surface area (Å²) in [6.07, 6.45) is -3.76. The Hall–Kier alpha value is -2.21. The first-order valence-electron chi connectivity index (χ1n) is 6.95. The van der Waals surface area contributed by atoms with Crippen LogP contribution in [0.2, 0.25) is 0 Å². The van der Waals surface area contributed by atoms with Crippen molar-refractivity contribution in [3.8, 4) is 11.5 Å². The van der Waals surface area contributed by atoms with Crippen molar-refractivity contribution in [2.75, 3.05) is 6.54 Å². The molecule has 22 heavy (non-hydrogen) atoms. The fourth-order valence-electron chi connectivity index (χ4n) is 2.51. The Bertz CT molecular complexity index is 641. The first-order valence-corrected chi connectivity index (χ1v) is 6.95. The maximum Gasteiger partial charge on any atom is 0.573 e.